The molecule has 0 unspecified atom stereocenters. The van der Waals surface area contributed by atoms with Crippen LogP contribution in [-0.2, 0) is 16.8 Å². The van der Waals surface area contributed by atoms with Crippen molar-refractivity contribution in [3.05, 3.63) is 82.3 Å². The first-order chi connectivity index (χ1) is 16.8. The van der Waals surface area contributed by atoms with E-state index in [4.69, 9.17) is 9.47 Å². The minimum atomic E-state index is -0.484. The highest BCUT2D eigenvalue weighted by molar-refractivity contribution is 7.14. The van der Waals surface area contributed by atoms with Crippen molar-refractivity contribution in [1.82, 2.24) is 4.98 Å². The number of hydrogen-bond donors (Lipinski definition) is 2. The van der Waals surface area contributed by atoms with E-state index in [1.165, 1.54) is 18.4 Å². The Kier molecular flexibility index (Phi) is 7.02. The van der Waals surface area contributed by atoms with E-state index in [2.05, 4.69) is 15.6 Å². The number of hydrogen-bond acceptors (Lipinski definition) is 6. The summed E-state index contributed by atoms with van der Waals surface area (Å²) in [5.74, 6) is 0.228. The second-order valence-corrected chi connectivity index (χ2v) is 10.0. The van der Waals surface area contributed by atoms with Gasteiger partial charge in [-0.2, -0.15) is 0 Å². The van der Waals surface area contributed by atoms with Gasteiger partial charge in [0.05, 0.1) is 18.5 Å². The Labute approximate surface area is 208 Å². The van der Waals surface area contributed by atoms with Crippen LogP contribution in [0.1, 0.15) is 40.9 Å². The van der Waals surface area contributed by atoms with Gasteiger partial charge in [-0.15, -0.1) is 11.3 Å². The molecule has 0 aliphatic carbocycles. The Morgan fingerprint density at radius 1 is 0.943 bits per heavy atom. The Bertz CT molecular complexity index is 1360. The predicted octanol–water partition coefficient (Wildman–Crippen LogP) is 6.60. The standard InChI is InChI=1S/C27H27N3O4S/c1-27(2,3)23-15-21(24(35-23)25(31)33-4)30-26(32)29-20-9-10-22(19-8-6-5-7-18(19)20)34-16-17-11-13-28-14-12-17/h5-15H,16H2,1-4H3,(H2,29,30,32). The molecule has 0 aliphatic heterocycles. The van der Waals surface area contributed by atoms with Gasteiger partial charge < -0.3 is 20.1 Å². The summed E-state index contributed by atoms with van der Waals surface area (Å²) in [5, 5.41) is 7.43. The Balaban J connectivity index is 1.56. The first-order valence-corrected chi connectivity index (χ1v) is 11.9. The number of pyridine rings is 1. The molecule has 35 heavy (non-hydrogen) atoms. The predicted molar refractivity (Wildman–Crippen MR) is 140 cm³/mol. The van der Waals surface area contributed by atoms with Crippen molar-refractivity contribution in [2.45, 2.75) is 32.8 Å². The zero-order chi connectivity index (χ0) is 25.0. The van der Waals surface area contributed by atoms with Crippen molar-refractivity contribution >= 4 is 45.5 Å². The van der Waals surface area contributed by atoms with E-state index in [-0.39, 0.29) is 5.41 Å². The van der Waals surface area contributed by atoms with Gasteiger partial charge in [0.1, 0.15) is 17.2 Å². The van der Waals surface area contributed by atoms with Crippen LogP contribution in [0.2, 0.25) is 0 Å². The van der Waals surface area contributed by atoms with Crippen LogP contribution in [0.3, 0.4) is 0 Å². The van der Waals surface area contributed by atoms with Crippen molar-refractivity contribution in [3.63, 3.8) is 0 Å². The molecule has 0 aliphatic rings. The third kappa shape index (κ3) is 5.60. The third-order valence-electron chi connectivity index (χ3n) is 5.37. The summed E-state index contributed by atoms with van der Waals surface area (Å²) in [5.41, 5.74) is 1.88. The molecule has 0 saturated heterocycles. The van der Waals surface area contributed by atoms with Gasteiger partial charge in [-0.05, 0) is 41.3 Å². The largest absolute Gasteiger partial charge is 0.488 e. The number of nitrogens with zero attached hydrogens (tertiary/aromatic N) is 1. The molecule has 4 rings (SSSR count). The van der Waals surface area contributed by atoms with Crippen molar-refractivity contribution < 1.29 is 19.1 Å². The van der Waals surface area contributed by atoms with E-state index in [9.17, 15) is 9.59 Å². The number of urea groups is 1. The van der Waals surface area contributed by atoms with E-state index in [1.54, 1.807) is 18.5 Å². The maximum atomic E-state index is 12.9. The monoisotopic (exact) mass is 489 g/mol. The Hall–Kier alpha value is -3.91. The van der Waals surface area contributed by atoms with Gasteiger partial charge >= 0.3 is 12.0 Å². The van der Waals surface area contributed by atoms with Gasteiger partial charge in [0.25, 0.3) is 0 Å². The summed E-state index contributed by atoms with van der Waals surface area (Å²) in [7, 11) is 1.33. The number of carbonyl (C=O) groups excluding carboxylic acids is 2. The minimum Gasteiger partial charge on any atom is -0.488 e. The average Bonchev–Trinajstić information content (AvgIpc) is 3.28. The molecular formula is C27H27N3O4S. The summed E-state index contributed by atoms with van der Waals surface area (Å²) < 4.78 is 11.0. The summed E-state index contributed by atoms with van der Waals surface area (Å²) in [6, 6.07) is 16.5. The molecular weight excluding hydrogens is 462 g/mol. The summed E-state index contributed by atoms with van der Waals surface area (Å²) in [6.07, 6.45) is 3.46. The van der Waals surface area contributed by atoms with Gasteiger partial charge in [-0.3, -0.25) is 4.98 Å². The van der Waals surface area contributed by atoms with Crippen LogP contribution in [0.5, 0.6) is 5.75 Å². The lowest BCUT2D eigenvalue weighted by Gasteiger charge is -2.15. The molecule has 0 radical (unpaired) electrons. The molecule has 2 aromatic carbocycles. The number of fused-ring (bicyclic) bond motifs is 1. The third-order valence-corrected chi connectivity index (χ3v) is 6.91. The molecule has 2 heterocycles. The van der Waals surface area contributed by atoms with Crippen LogP contribution < -0.4 is 15.4 Å². The fourth-order valence-electron chi connectivity index (χ4n) is 3.52. The van der Waals surface area contributed by atoms with Gasteiger partial charge in [-0.25, -0.2) is 9.59 Å². The van der Waals surface area contributed by atoms with E-state index in [1.807, 2.05) is 69.3 Å². The second kappa shape index (κ2) is 10.1. The molecule has 180 valence electrons. The molecule has 7 nitrogen and oxygen atoms in total. The number of esters is 1. The first-order valence-electron chi connectivity index (χ1n) is 11.1. The van der Waals surface area contributed by atoms with Crippen molar-refractivity contribution in [3.8, 4) is 5.75 Å². The number of ether oxygens (including phenoxy) is 2. The van der Waals surface area contributed by atoms with E-state index < -0.39 is 12.0 Å². The summed E-state index contributed by atoms with van der Waals surface area (Å²) >= 11 is 1.32. The molecule has 8 heteroatoms. The average molecular weight is 490 g/mol. The number of methoxy groups -OCH3 is 1. The van der Waals surface area contributed by atoms with Crippen LogP contribution in [0.25, 0.3) is 10.8 Å². The minimum absolute atomic E-state index is 0.174. The van der Waals surface area contributed by atoms with E-state index in [0.29, 0.717) is 28.6 Å². The number of benzene rings is 2. The summed E-state index contributed by atoms with van der Waals surface area (Å²) in [6.45, 7) is 6.56. The highest BCUT2D eigenvalue weighted by atomic mass is 32.1. The molecule has 2 amide bonds. The van der Waals surface area contributed by atoms with Crippen LogP contribution in [0.15, 0.2) is 67.0 Å². The maximum Gasteiger partial charge on any atom is 0.350 e. The summed E-state index contributed by atoms with van der Waals surface area (Å²) in [4.78, 5) is 30.6. The molecule has 2 N–H and O–H groups in total. The molecule has 0 fully saturated rings. The lowest BCUT2D eigenvalue weighted by atomic mass is 9.94. The van der Waals surface area contributed by atoms with Gasteiger partial charge in [0.15, 0.2) is 0 Å². The fraction of sp³-hybridized carbons (Fsp3) is 0.222. The number of carbonyl (C=O) groups is 2. The van der Waals surface area contributed by atoms with Crippen LogP contribution in [0.4, 0.5) is 16.2 Å². The van der Waals surface area contributed by atoms with Crippen molar-refractivity contribution in [2.75, 3.05) is 17.7 Å². The van der Waals surface area contributed by atoms with Crippen LogP contribution in [-0.4, -0.2) is 24.1 Å². The van der Waals surface area contributed by atoms with E-state index >= 15 is 0 Å². The molecule has 4 aromatic rings. The zero-order valence-electron chi connectivity index (χ0n) is 20.0. The molecule has 0 saturated carbocycles. The second-order valence-electron chi connectivity index (χ2n) is 8.98. The fourth-order valence-corrected chi connectivity index (χ4v) is 4.61. The number of anilines is 2. The van der Waals surface area contributed by atoms with Crippen LogP contribution >= 0.6 is 11.3 Å². The molecule has 2 aromatic heterocycles. The Morgan fingerprint density at radius 2 is 1.63 bits per heavy atom. The molecule has 0 bridgehead atoms. The highest BCUT2D eigenvalue weighted by Crippen LogP contribution is 2.36. The molecule has 0 spiro atoms. The zero-order valence-corrected chi connectivity index (χ0v) is 20.9. The first kappa shape index (κ1) is 24.2. The SMILES string of the molecule is COC(=O)c1sc(C(C)(C)C)cc1NC(=O)Nc1ccc(OCc2ccncc2)c2ccccc12. The van der Waals surface area contributed by atoms with Crippen LogP contribution in [0, 0.1) is 0 Å². The van der Waals surface area contributed by atoms with Gasteiger partial charge in [0, 0.05) is 28.0 Å². The number of thiophene rings is 1. The quantitative estimate of drug-likeness (QED) is 0.298. The Morgan fingerprint density at radius 3 is 2.31 bits per heavy atom. The smallest absolute Gasteiger partial charge is 0.350 e. The van der Waals surface area contributed by atoms with Gasteiger partial charge in [-0.1, -0.05) is 45.0 Å². The maximum absolute atomic E-state index is 12.9. The molecule has 0 atom stereocenters. The van der Waals surface area contributed by atoms with Crippen molar-refractivity contribution in [2.24, 2.45) is 0 Å². The number of nitrogens with one attached hydrogen (secondary N) is 2. The highest BCUT2D eigenvalue weighted by Gasteiger charge is 2.24. The van der Waals surface area contributed by atoms with Crippen molar-refractivity contribution in [1.29, 1.82) is 0 Å². The number of rotatable bonds is 6. The lowest BCUT2D eigenvalue weighted by molar-refractivity contribution is 0.0607. The van der Waals surface area contributed by atoms with Gasteiger partial charge in [0.2, 0.25) is 0 Å². The number of aromatic nitrogens is 1. The normalized spacial score (nSPS) is 11.2. The topological polar surface area (TPSA) is 89.5 Å². The van der Waals surface area contributed by atoms with E-state index in [0.717, 1.165) is 21.2 Å². The lowest BCUT2D eigenvalue weighted by Crippen LogP contribution is -2.20. The number of amides is 2.